The summed E-state index contributed by atoms with van der Waals surface area (Å²) in [7, 11) is 0. The zero-order valence-corrected chi connectivity index (χ0v) is 21.0. The lowest BCUT2D eigenvalue weighted by Gasteiger charge is -2.20. The van der Waals surface area contributed by atoms with Crippen molar-refractivity contribution >= 4 is 18.2 Å². The Bertz CT molecular complexity index is 1250. The summed E-state index contributed by atoms with van der Waals surface area (Å²) in [5.41, 5.74) is 4.88. The number of hydrogen-bond acceptors (Lipinski definition) is 5. The normalized spacial score (nSPS) is 13.2. The lowest BCUT2D eigenvalue weighted by molar-refractivity contribution is -0.139. The van der Waals surface area contributed by atoms with Gasteiger partial charge in [0.15, 0.2) is 6.04 Å². The minimum atomic E-state index is -1.29. The Morgan fingerprint density at radius 1 is 0.865 bits per heavy atom. The van der Waals surface area contributed by atoms with Crippen LogP contribution in [-0.2, 0) is 20.8 Å². The molecule has 1 unspecified atom stereocenters. The lowest BCUT2D eigenvalue weighted by atomic mass is 9.98. The third-order valence-corrected chi connectivity index (χ3v) is 6.00. The third kappa shape index (κ3) is 6.27. The number of benzene rings is 3. The number of carbonyl (C=O) groups is 3. The van der Waals surface area contributed by atoms with Gasteiger partial charge >= 0.3 is 18.2 Å². The van der Waals surface area contributed by atoms with Crippen molar-refractivity contribution in [3.8, 4) is 11.1 Å². The van der Waals surface area contributed by atoms with Crippen LogP contribution in [0.2, 0.25) is 0 Å². The van der Waals surface area contributed by atoms with Crippen molar-refractivity contribution in [2.24, 2.45) is 0 Å². The molecule has 1 atom stereocenters. The van der Waals surface area contributed by atoms with E-state index in [4.69, 9.17) is 9.47 Å². The second-order valence-electron chi connectivity index (χ2n) is 9.84. The average Bonchev–Trinajstić information content (AvgIpc) is 3.18. The van der Waals surface area contributed by atoms with E-state index in [0.717, 1.165) is 27.8 Å². The van der Waals surface area contributed by atoms with Crippen LogP contribution in [0.1, 0.15) is 55.0 Å². The van der Waals surface area contributed by atoms with Crippen molar-refractivity contribution in [2.75, 3.05) is 6.61 Å². The molecule has 3 N–H and O–H groups in total. The van der Waals surface area contributed by atoms with Crippen molar-refractivity contribution in [3.63, 3.8) is 0 Å². The van der Waals surface area contributed by atoms with E-state index in [2.05, 4.69) is 10.6 Å². The smallest absolute Gasteiger partial charge is 0.408 e. The molecule has 8 nitrogen and oxygen atoms in total. The summed E-state index contributed by atoms with van der Waals surface area (Å²) in [6.45, 7) is 5.62. The van der Waals surface area contributed by atoms with E-state index >= 15 is 0 Å². The van der Waals surface area contributed by atoms with E-state index in [-0.39, 0.29) is 19.1 Å². The number of carbonyl (C=O) groups excluding carboxylic acids is 2. The minimum Gasteiger partial charge on any atom is -0.479 e. The quantitative estimate of drug-likeness (QED) is 0.400. The maximum atomic E-state index is 12.6. The van der Waals surface area contributed by atoms with Crippen molar-refractivity contribution in [3.05, 3.63) is 95.1 Å². The molecular formula is C29H30N2O6. The lowest BCUT2D eigenvalue weighted by Crippen LogP contribution is -2.35. The number of nitrogens with one attached hydrogen (secondary N) is 2. The average molecular weight is 503 g/mol. The molecule has 37 heavy (non-hydrogen) atoms. The van der Waals surface area contributed by atoms with Gasteiger partial charge in [0, 0.05) is 12.5 Å². The highest BCUT2D eigenvalue weighted by Crippen LogP contribution is 2.44. The van der Waals surface area contributed by atoms with Crippen LogP contribution >= 0.6 is 0 Å². The number of carboxylic acid groups (broad SMARTS) is 1. The fraction of sp³-hybridized carbons (Fsp3) is 0.276. The molecule has 0 radical (unpaired) electrons. The maximum Gasteiger partial charge on any atom is 0.408 e. The molecule has 0 aliphatic heterocycles. The molecule has 3 aromatic carbocycles. The molecule has 0 fully saturated rings. The standard InChI is InChI=1S/C29H30N2O6/c1-29(2,3)37-27(34)30-16-18-12-14-19(15-13-18)25(26(32)33)31-28(35)36-17-24-22-10-6-4-8-20(22)21-9-5-7-11-23(21)24/h4-15,24-25H,16-17H2,1-3H3,(H,30,34)(H,31,35)(H,32,33). The molecule has 0 aromatic heterocycles. The fourth-order valence-electron chi connectivity index (χ4n) is 4.36. The molecule has 3 aromatic rings. The summed E-state index contributed by atoms with van der Waals surface area (Å²) in [5.74, 6) is -1.34. The van der Waals surface area contributed by atoms with Gasteiger partial charge in [0.1, 0.15) is 12.2 Å². The van der Waals surface area contributed by atoms with E-state index in [0.29, 0.717) is 5.56 Å². The maximum absolute atomic E-state index is 12.6. The molecule has 0 saturated heterocycles. The van der Waals surface area contributed by atoms with Crippen LogP contribution in [0, 0.1) is 0 Å². The van der Waals surface area contributed by atoms with Gasteiger partial charge < -0.3 is 25.2 Å². The Morgan fingerprint density at radius 3 is 1.97 bits per heavy atom. The van der Waals surface area contributed by atoms with Crippen molar-refractivity contribution < 1.29 is 29.0 Å². The van der Waals surface area contributed by atoms with Crippen LogP contribution in [0.4, 0.5) is 9.59 Å². The monoisotopic (exact) mass is 502 g/mol. The predicted molar refractivity (Wildman–Crippen MR) is 138 cm³/mol. The molecule has 0 heterocycles. The van der Waals surface area contributed by atoms with Gasteiger partial charge in [0.2, 0.25) is 0 Å². The topological polar surface area (TPSA) is 114 Å². The molecule has 0 saturated carbocycles. The minimum absolute atomic E-state index is 0.0848. The second-order valence-corrected chi connectivity index (χ2v) is 9.84. The van der Waals surface area contributed by atoms with Gasteiger partial charge in [-0.2, -0.15) is 0 Å². The summed E-state index contributed by atoms with van der Waals surface area (Å²) in [4.78, 5) is 36.4. The van der Waals surface area contributed by atoms with E-state index in [1.165, 1.54) is 0 Å². The van der Waals surface area contributed by atoms with Gasteiger partial charge in [-0.05, 0) is 54.2 Å². The first-order chi connectivity index (χ1) is 17.6. The number of fused-ring (bicyclic) bond motifs is 3. The van der Waals surface area contributed by atoms with Gasteiger partial charge in [-0.1, -0.05) is 72.8 Å². The highest BCUT2D eigenvalue weighted by Gasteiger charge is 2.30. The van der Waals surface area contributed by atoms with Crippen LogP contribution in [-0.4, -0.2) is 35.5 Å². The number of alkyl carbamates (subject to hydrolysis) is 2. The van der Waals surface area contributed by atoms with Crippen molar-refractivity contribution in [1.82, 2.24) is 10.6 Å². The summed E-state index contributed by atoms with van der Waals surface area (Å²) in [6.07, 6.45) is -1.36. The Labute approximate surface area is 215 Å². The SMILES string of the molecule is CC(C)(C)OC(=O)NCc1ccc(C(NC(=O)OCC2c3ccccc3-c3ccccc32)C(=O)O)cc1. The first kappa shape index (κ1) is 25.8. The number of amides is 2. The summed E-state index contributed by atoms with van der Waals surface area (Å²) in [6, 6.07) is 21.2. The molecule has 8 heteroatoms. The van der Waals surface area contributed by atoms with E-state index in [1.54, 1.807) is 45.0 Å². The largest absolute Gasteiger partial charge is 0.479 e. The molecule has 1 aliphatic rings. The molecule has 192 valence electrons. The van der Waals surface area contributed by atoms with E-state index in [1.807, 2.05) is 48.5 Å². The van der Waals surface area contributed by atoms with Crippen molar-refractivity contribution in [1.29, 1.82) is 0 Å². The fourth-order valence-corrected chi connectivity index (χ4v) is 4.36. The van der Waals surface area contributed by atoms with Crippen LogP contribution in [0.15, 0.2) is 72.8 Å². The molecule has 0 spiro atoms. The first-order valence-corrected chi connectivity index (χ1v) is 12.0. The number of ether oxygens (including phenoxy) is 2. The van der Waals surface area contributed by atoms with Crippen LogP contribution in [0.25, 0.3) is 11.1 Å². The van der Waals surface area contributed by atoms with Gasteiger partial charge in [-0.25, -0.2) is 14.4 Å². The summed E-state index contributed by atoms with van der Waals surface area (Å²) >= 11 is 0. The summed E-state index contributed by atoms with van der Waals surface area (Å²) in [5, 5.41) is 14.8. The molecule has 0 bridgehead atoms. The van der Waals surface area contributed by atoms with Crippen LogP contribution in [0.3, 0.4) is 0 Å². The van der Waals surface area contributed by atoms with E-state index in [9.17, 15) is 19.5 Å². The van der Waals surface area contributed by atoms with Gasteiger partial charge in [0.05, 0.1) is 0 Å². The van der Waals surface area contributed by atoms with Crippen molar-refractivity contribution in [2.45, 2.75) is 44.9 Å². The molecular weight excluding hydrogens is 472 g/mol. The van der Waals surface area contributed by atoms with Gasteiger partial charge in [-0.3, -0.25) is 0 Å². The predicted octanol–water partition coefficient (Wildman–Crippen LogP) is 5.38. The molecule has 1 aliphatic carbocycles. The number of hydrogen-bond donors (Lipinski definition) is 3. The summed E-state index contributed by atoms with van der Waals surface area (Å²) < 4.78 is 10.7. The zero-order chi connectivity index (χ0) is 26.6. The van der Waals surface area contributed by atoms with Gasteiger partial charge in [-0.15, -0.1) is 0 Å². The number of carboxylic acids is 1. The Morgan fingerprint density at radius 2 is 1.43 bits per heavy atom. The Balaban J connectivity index is 1.36. The second kappa shape index (κ2) is 10.7. The molecule has 2 amide bonds. The highest BCUT2D eigenvalue weighted by atomic mass is 16.6. The van der Waals surface area contributed by atoms with Crippen LogP contribution < -0.4 is 10.6 Å². The highest BCUT2D eigenvalue weighted by molar-refractivity contribution is 5.82. The van der Waals surface area contributed by atoms with Gasteiger partial charge in [0.25, 0.3) is 0 Å². The van der Waals surface area contributed by atoms with E-state index < -0.39 is 29.8 Å². The van der Waals surface area contributed by atoms with Crippen LogP contribution in [0.5, 0.6) is 0 Å². The third-order valence-electron chi connectivity index (χ3n) is 6.00. The Kier molecular flexibility index (Phi) is 7.47. The first-order valence-electron chi connectivity index (χ1n) is 12.0. The molecule has 4 rings (SSSR count). The number of rotatable bonds is 7. The Hall–Kier alpha value is -4.33. The number of aliphatic carboxylic acids is 1. The zero-order valence-electron chi connectivity index (χ0n) is 21.0.